The first kappa shape index (κ1) is 14.8. The van der Waals surface area contributed by atoms with Crippen LogP contribution in [-0.4, -0.2) is 7.11 Å². The third-order valence-electron chi connectivity index (χ3n) is 2.84. The second kappa shape index (κ2) is 5.77. The van der Waals surface area contributed by atoms with Gasteiger partial charge in [-0.25, -0.2) is 4.39 Å². The lowest BCUT2D eigenvalue weighted by molar-refractivity contribution is 0.387. The molecule has 6 heteroatoms. The van der Waals surface area contributed by atoms with Crippen LogP contribution in [-0.2, 0) is 0 Å². The molecule has 0 aliphatic heterocycles. The molecule has 0 bridgehead atoms. The summed E-state index contributed by atoms with van der Waals surface area (Å²) in [6, 6.07) is 6.08. The standard InChI is InChI=1S/C14H13Cl2FN2O/c1-7-3-9(16)12(4-8(7)15)19-13-6-14(20-2)10(17)5-11(13)18/h3-6,19H,18H2,1-2H3. The van der Waals surface area contributed by atoms with Crippen LogP contribution in [0.25, 0.3) is 0 Å². The van der Waals surface area contributed by atoms with E-state index in [1.165, 1.54) is 19.2 Å². The molecule has 0 aliphatic carbocycles. The summed E-state index contributed by atoms with van der Waals surface area (Å²) in [5, 5.41) is 4.09. The maximum atomic E-state index is 13.5. The number of halogens is 3. The highest BCUT2D eigenvalue weighted by Gasteiger charge is 2.11. The number of hydrogen-bond donors (Lipinski definition) is 2. The van der Waals surface area contributed by atoms with Gasteiger partial charge in [0.15, 0.2) is 11.6 Å². The molecule has 0 heterocycles. The third kappa shape index (κ3) is 2.92. The number of rotatable bonds is 3. The fraction of sp³-hybridized carbons (Fsp3) is 0.143. The quantitative estimate of drug-likeness (QED) is 0.802. The average molecular weight is 315 g/mol. The van der Waals surface area contributed by atoms with Gasteiger partial charge in [0.05, 0.1) is 29.2 Å². The number of methoxy groups -OCH3 is 1. The summed E-state index contributed by atoms with van der Waals surface area (Å²) in [5.41, 5.74) is 7.97. The van der Waals surface area contributed by atoms with Crippen molar-refractivity contribution in [2.45, 2.75) is 6.92 Å². The summed E-state index contributed by atoms with van der Waals surface area (Å²) >= 11 is 12.2. The van der Waals surface area contributed by atoms with Crippen molar-refractivity contribution in [1.29, 1.82) is 0 Å². The third-order valence-corrected chi connectivity index (χ3v) is 3.56. The monoisotopic (exact) mass is 314 g/mol. The fourth-order valence-electron chi connectivity index (χ4n) is 1.72. The molecule has 0 radical (unpaired) electrons. The van der Waals surface area contributed by atoms with Gasteiger partial charge in [0.2, 0.25) is 0 Å². The molecule has 2 rings (SSSR count). The van der Waals surface area contributed by atoms with Crippen LogP contribution in [0.2, 0.25) is 10.0 Å². The van der Waals surface area contributed by atoms with Gasteiger partial charge in [0.25, 0.3) is 0 Å². The van der Waals surface area contributed by atoms with E-state index in [1.54, 1.807) is 12.1 Å². The number of ether oxygens (including phenoxy) is 1. The first-order chi connectivity index (χ1) is 9.42. The van der Waals surface area contributed by atoms with Gasteiger partial charge in [-0.1, -0.05) is 23.2 Å². The molecule has 0 saturated heterocycles. The van der Waals surface area contributed by atoms with E-state index in [1.807, 2.05) is 6.92 Å². The molecule has 0 unspecified atom stereocenters. The van der Waals surface area contributed by atoms with Gasteiger partial charge in [-0.15, -0.1) is 0 Å². The Morgan fingerprint density at radius 3 is 2.45 bits per heavy atom. The van der Waals surface area contributed by atoms with Crippen molar-refractivity contribution in [2.75, 3.05) is 18.2 Å². The molecule has 0 amide bonds. The minimum Gasteiger partial charge on any atom is -0.494 e. The van der Waals surface area contributed by atoms with Crippen LogP contribution in [0.5, 0.6) is 5.75 Å². The highest BCUT2D eigenvalue weighted by Crippen LogP contribution is 2.35. The van der Waals surface area contributed by atoms with E-state index in [0.29, 0.717) is 21.4 Å². The number of aryl methyl sites for hydroxylation is 1. The van der Waals surface area contributed by atoms with Crippen LogP contribution >= 0.6 is 23.2 Å². The van der Waals surface area contributed by atoms with Gasteiger partial charge in [-0.3, -0.25) is 0 Å². The summed E-state index contributed by atoms with van der Waals surface area (Å²) in [6.45, 7) is 1.85. The minimum absolute atomic E-state index is 0.0935. The molecule has 3 N–H and O–H groups in total. The normalized spacial score (nSPS) is 10.4. The molecule has 2 aromatic carbocycles. The van der Waals surface area contributed by atoms with E-state index < -0.39 is 5.82 Å². The number of nitrogens with two attached hydrogens (primary N) is 1. The van der Waals surface area contributed by atoms with Gasteiger partial charge in [0.1, 0.15) is 0 Å². The van der Waals surface area contributed by atoms with Crippen LogP contribution in [0.3, 0.4) is 0 Å². The van der Waals surface area contributed by atoms with Crippen molar-refractivity contribution < 1.29 is 9.13 Å². The largest absolute Gasteiger partial charge is 0.494 e. The molecule has 106 valence electrons. The van der Waals surface area contributed by atoms with E-state index in [2.05, 4.69) is 5.32 Å². The Labute approximate surface area is 126 Å². The van der Waals surface area contributed by atoms with Crippen LogP contribution in [0.1, 0.15) is 5.56 Å². The van der Waals surface area contributed by atoms with Crippen molar-refractivity contribution in [2.24, 2.45) is 0 Å². The maximum Gasteiger partial charge on any atom is 0.167 e. The van der Waals surface area contributed by atoms with Gasteiger partial charge in [-0.05, 0) is 24.6 Å². The highest BCUT2D eigenvalue weighted by atomic mass is 35.5. The number of nitrogens with one attached hydrogen (secondary N) is 1. The molecule has 0 aliphatic rings. The number of anilines is 3. The molecule has 0 spiro atoms. The first-order valence-corrected chi connectivity index (χ1v) is 6.53. The van der Waals surface area contributed by atoms with Crippen molar-refractivity contribution in [3.05, 3.63) is 45.7 Å². The van der Waals surface area contributed by atoms with E-state index in [4.69, 9.17) is 33.7 Å². The molecule has 2 aromatic rings. The average Bonchev–Trinajstić information content (AvgIpc) is 2.38. The van der Waals surface area contributed by atoms with Crippen molar-refractivity contribution in [3.63, 3.8) is 0 Å². The Morgan fingerprint density at radius 2 is 1.80 bits per heavy atom. The maximum absolute atomic E-state index is 13.5. The SMILES string of the molecule is COc1cc(Nc2cc(Cl)c(C)cc2Cl)c(N)cc1F. The van der Waals surface area contributed by atoms with Gasteiger partial charge in [-0.2, -0.15) is 0 Å². The second-order valence-corrected chi connectivity index (χ2v) is 5.09. The molecular formula is C14H13Cl2FN2O. The number of nitrogen functional groups attached to an aromatic ring is 1. The van der Waals surface area contributed by atoms with Gasteiger partial charge in [0, 0.05) is 17.2 Å². The number of benzene rings is 2. The molecule has 0 aromatic heterocycles. The lowest BCUT2D eigenvalue weighted by Gasteiger charge is -2.14. The van der Waals surface area contributed by atoms with Crippen molar-refractivity contribution in [1.82, 2.24) is 0 Å². The fourth-order valence-corrected chi connectivity index (χ4v) is 2.15. The lowest BCUT2D eigenvalue weighted by atomic mass is 10.2. The summed E-state index contributed by atoms with van der Waals surface area (Å²) in [7, 11) is 1.38. The van der Waals surface area contributed by atoms with E-state index in [9.17, 15) is 4.39 Å². The summed E-state index contributed by atoms with van der Waals surface area (Å²) < 4.78 is 18.4. The topological polar surface area (TPSA) is 47.3 Å². The van der Waals surface area contributed by atoms with E-state index in [0.717, 1.165) is 5.56 Å². The Bertz CT molecular complexity index is 662. The predicted molar refractivity (Wildman–Crippen MR) is 81.8 cm³/mol. The van der Waals surface area contributed by atoms with Crippen molar-refractivity contribution >= 4 is 40.3 Å². The van der Waals surface area contributed by atoms with Crippen LogP contribution in [0, 0.1) is 12.7 Å². The highest BCUT2D eigenvalue weighted by molar-refractivity contribution is 6.35. The predicted octanol–water partition coefficient (Wildman–Crippen LogP) is 4.78. The minimum atomic E-state index is -0.524. The van der Waals surface area contributed by atoms with Crippen LogP contribution < -0.4 is 15.8 Å². The first-order valence-electron chi connectivity index (χ1n) is 5.78. The molecule has 0 fully saturated rings. The van der Waals surface area contributed by atoms with Gasteiger partial charge < -0.3 is 15.8 Å². The van der Waals surface area contributed by atoms with Crippen LogP contribution in [0.15, 0.2) is 24.3 Å². The summed E-state index contributed by atoms with van der Waals surface area (Å²) in [4.78, 5) is 0. The summed E-state index contributed by atoms with van der Waals surface area (Å²) in [5.74, 6) is -0.431. The van der Waals surface area contributed by atoms with E-state index >= 15 is 0 Å². The molecule has 3 nitrogen and oxygen atoms in total. The Hall–Kier alpha value is -1.65. The molecule has 0 atom stereocenters. The summed E-state index contributed by atoms with van der Waals surface area (Å²) in [6.07, 6.45) is 0. The Balaban J connectivity index is 2.42. The Kier molecular flexibility index (Phi) is 4.26. The second-order valence-electron chi connectivity index (χ2n) is 4.28. The molecule has 20 heavy (non-hydrogen) atoms. The zero-order valence-electron chi connectivity index (χ0n) is 10.9. The lowest BCUT2D eigenvalue weighted by Crippen LogP contribution is -2.00. The zero-order chi connectivity index (χ0) is 14.9. The van der Waals surface area contributed by atoms with Gasteiger partial charge >= 0.3 is 0 Å². The van der Waals surface area contributed by atoms with Crippen LogP contribution in [0.4, 0.5) is 21.5 Å². The van der Waals surface area contributed by atoms with Crippen molar-refractivity contribution in [3.8, 4) is 5.75 Å². The zero-order valence-corrected chi connectivity index (χ0v) is 12.4. The Morgan fingerprint density at radius 1 is 1.10 bits per heavy atom. The number of hydrogen-bond acceptors (Lipinski definition) is 3. The van der Waals surface area contributed by atoms with E-state index in [-0.39, 0.29) is 11.4 Å². The molecule has 0 saturated carbocycles. The molecular weight excluding hydrogens is 302 g/mol. The smallest absolute Gasteiger partial charge is 0.167 e.